The van der Waals surface area contributed by atoms with E-state index in [4.69, 9.17) is 4.74 Å². The van der Waals surface area contributed by atoms with Gasteiger partial charge in [0.05, 0.1) is 17.7 Å². The fourth-order valence-electron chi connectivity index (χ4n) is 4.54. The van der Waals surface area contributed by atoms with Crippen molar-refractivity contribution >= 4 is 27.5 Å². The highest BCUT2D eigenvalue weighted by molar-refractivity contribution is 7.92. The minimum Gasteiger partial charge on any atom is -0.495 e. The molecule has 0 aliphatic rings. The van der Waals surface area contributed by atoms with Crippen molar-refractivity contribution in [3.63, 3.8) is 0 Å². The van der Waals surface area contributed by atoms with Gasteiger partial charge >= 0.3 is 0 Å². The van der Waals surface area contributed by atoms with Gasteiger partial charge in [0.2, 0.25) is 11.8 Å². The highest BCUT2D eigenvalue weighted by Crippen LogP contribution is 2.33. The Morgan fingerprint density at radius 2 is 1.59 bits per heavy atom. The molecule has 0 heterocycles. The van der Waals surface area contributed by atoms with Gasteiger partial charge in [-0.25, -0.2) is 8.42 Å². The Hall–Kier alpha value is -3.85. The zero-order chi connectivity index (χ0) is 30.0. The number of aryl methyl sites for hydroxylation is 2. The predicted octanol–water partition coefficient (Wildman–Crippen LogP) is 5.23. The lowest BCUT2D eigenvalue weighted by Crippen LogP contribution is -2.52. The van der Waals surface area contributed by atoms with Crippen molar-refractivity contribution < 1.29 is 22.7 Å². The van der Waals surface area contributed by atoms with Crippen molar-refractivity contribution in [3.8, 4) is 5.75 Å². The summed E-state index contributed by atoms with van der Waals surface area (Å²) < 4.78 is 34.7. The molecule has 1 N–H and O–H groups in total. The second-order valence-corrected chi connectivity index (χ2v) is 11.9. The Kier molecular flexibility index (Phi) is 11.3. The first-order valence-electron chi connectivity index (χ1n) is 14.0. The molecule has 0 aliphatic carbocycles. The topological polar surface area (TPSA) is 96.0 Å². The van der Waals surface area contributed by atoms with E-state index in [1.807, 2.05) is 58.0 Å². The standard InChI is InChI=1S/C32H41N3O5S/c1-6-8-20-33-32(37)28(7-2)34(22-26-17-14-24(3)15-18-26)31(36)23-35(29-21-25(4)16-19-30(29)40-5)41(38,39)27-12-10-9-11-13-27/h9-19,21,28H,6-8,20,22-23H2,1-5H3,(H,33,37)/t28-/m1/s1. The van der Waals surface area contributed by atoms with E-state index in [-0.39, 0.29) is 23.0 Å². The number of nitrogens with zero attached hydrogens (tertiary/aromatic N) is 2. The minimum absolute atomic E-state index is 0.0470. The van der Waals surface area contributed by atoms with Gasteiger partial charge in [-0.15, -0.1) is 0 Å². The molecule has 41 heavy (non-hydrogen) atoms. The van der Waals surface area contributed by atoms with Crippen LogP contribution in [0.5, 0.6) is 5.75 Å². The summed E-state index contributed by atoms with van der Waals surface area (Å²) in [6.45, 7) is 7.86. The number of carbonyl (C=O) groups is 2. The summed E-state index contributed by atoms with van der Waals surface area (Å²) in [6, 6.07) is 20.1. The fraction of sp³-hybridized carbons (Fsp3) is 0.375. The van der Waals surface area contributed by atoms with Crippen LogP contribution < -0.4 is 14.4 Å². The van der Waals surface area contributed by atoms with E-state index < -0.39 is 28.5 Å². The van der Waals surface area contributed by atoms with Gasteiger partial charge in [-0.3, -0.25) is 13.9 Å². The number of amides is 2. The van der Waals surface area contributed by atoms with Gasteiger partial charge in [0, 0.05) is 13.1 Å². The van der Waals surface area contributed by atoms with E-state index in [1.54, 1.807) is 30.3 Å². The average Bonchev–Trinajstić information content (AvgIpc) is 2.97. The molecule has 0 radical (unpaired) electrons. The first-order valence-corrected chi connectivity index (χ1v) is 15.4. The molecule has 0 aromatic heterocycles. The lowest BCUT2D eigenvalue weighted by molar-refractivity contribution is -0.140. The Bertz CT molecular complexity index is 1410. The number of nitrogens with one attached hydrogen (secondary N) is 1. The Morgan fingerprint density at radius 3 is 2.20 bits per heavy atom. The van der Waals surface area contributed by atoms with Gasteiger partial charge in [-0.2, -0.15) is 0 Å². The maximum Gasteiger partial charge on any atom is 0.264 e. The Morgan fingerprint density at radius 1 is 0.927 bits per heavy atom. The van der Waals surface area contributed by atoms with Crippen LogP contribution in [0.1, 0.15) is 49.8 Å². The Labute approximate surface area is 244 Å². The van der Waals surface area contributed by atoms with E-state index in [2.05, 4.69) is 5.32 Å². The molecular formula is C32H41N3O5S. The van der Waals surface area contributed by atoms with Gasteiger partial charge < -0.3 is 15.0 Å². The van der Waals surface area contributed by atoms with Crippen molar-refractivity contribution in [1.29, 1.82) is 0 Å². The molecule has 8 nitrogen and oxygen atoms in total. The number of anilines is 1. The second-order valence-electron chi connectivity index (χ2n) is 10.1. The lowest BCUT2D eigenvalue weighted by Gasteiger charge is -2.33. The monoisotopic (exact) mass is 579 g/mol. The highest BCUT2D eigenvalue weighted by atomic mass is 32.2. The maximum absolute atomic E-state index is 14.2. The summed E-state index contributed by atoms with van der Waals surface area (Å²) in [5, 5.41) is 2.95. The molecule has 3 aromatic rings. The largest absolute Gasteiger partial charge is 0.495 e. The molecule has 0 bridgehead atoms. The number of rotatable bonds is 14. The van der Waals surface area contributed by atoms with E-state index in [0.717, 1.165) is 33.8 Å². The molecule has 0 unspecified atom stereocenters. The summed E-state index contributed by atoms with van der Waals surface area (Å²) in [5.41, 5.74) is 2.97. The smallest absolute Gasteiger partial charge is 0.264 e. The van der Waals surface area contributed by atoms with Crippen LogP contribution in [0.2, 0.25) is 0 Å². The number of sulfonamides is 1. The van der Waals surface area contributed by atoms with Gasteiger partial charge in [0.1, 0.15) is 18.3 Å². The van der Waals surface area contributed by atoms with E-state index >= 15 is 0 Å². The normalized spacial score (nSPS) is 11.9. The molecular weight excluding hydrogens is 538 g/mol. The molecule has 0 saturated heterocycles. The van der Waals surface area contributed by atoms with Crippen molar-refractivity contribution in [1.82, 2.24) is 10.2 Å². The summed E-state index contributed by atoms with van der Waals surface area (Å²) in [5.74, 6) is -0.435. The summed E-state index contributed by atoms with van der Waals surface area (Å²) in [6.07, 6.45) is 2.12. The number of carbonyl (C=O) groups excluding carboxylic acids is 2. The third-order valence-corrected chi connectivity index (χ3v) is 8.68. The molecule has 9 heteroatoms. The van der Waals surface area contributed by atoms with Gasteiger partial charge in [0.25, 0.3) is 10.0 Å². The number of benzene rings is 3. The number of ether oxygens (including phenoxy) is 1. The zero-order valence-electron chi connectivity index (χ0n) is 24.6. The van der Waals surface area contributed by atoms with Crippen molar-refractivity contribution in [2.75, 3.05) is 24.5 Å². The minimum atomic E-state index is -4.18. The molecule has 0 saturated carbocycles. The summed E-state index contributed by atoms with van der Waals surface area (Å²) in [7, 11) is -2.72. The van der Waals surface area contributed by atoms with Crippen molar-refractivity contribution in [2.24, 2.45) is 0 Å². The van der Waals surface area contributed by atoms with Gasteiger partial charge in [0.15, 0.2) is 0 Å². The summed E-state index contributed by atoms with van der Waals surface area (Å²) in [4.78, 5) is 29.0. The number of hydrogen-bond donors (Lipinski definition) is 1. The first kappa shape index (κ1) is 31.7. The zero-order valence-corrected chi connectivity index (χ0v) is 25.4. The van der Waals surface area contributed by atoms with Gasteiger partial charge in [-0.1, -0.05) is 74.4 Å². The number of methoxy groups -OCH3 is 1. The lowest BCUT2D eigenvalue weighted by atomic mass is 10.1. The van der Waals surface area contributed by atoms with Crippen molar-refractivity contribution in [2.45, 2.75) is 64.4 Å². The molecule has 3 aromatic carbocycles. The van der Waals surface area contributed by atoms with Crippen LogP contribution in [0.3, 0.4) is 0 Å². The second kappa shape index (κ2) is 14.7. The van der Waals surface area contributed by atoms with Crippen LogP contribution in [0, 0.1) is 13.8 Å². The SMILES string of the molecule is CCCCNC(=O)[C@@H](CC)N(Cc1ccc(C)cc1)C(=O)CN(c1cc(C)ccc1OC)S(=O)(=O)c1ccccc1. The van der Waals surface area contributed by atoms with Crippen LogP contribution in [-0.2, 0) is 26.2 Å². The first-order chi connectivity index (χ1) is 19.6. The van der Waals surface area contributed by atoms with Crippen LogP contribution in [0.4, 0.5) is 5.69 Å². The third-order valence-electron chi connectivity index (χ3n) is 6.90. The van der Waals surface area contributed by atoms with Gasteiger partial charge in [-0.05, 0) is 62.1 Å². The summed E-state index contributed by atoms with van der Waals surface area (Å²) >= 11 is 0. The Balaban J connectivity index is 2.08. The molecule has 1 atom stereocenters. The van der Waals surface area contributed by atoms with Crippen LogP contribution in [-0.4, -0.2) is 51.4 Å². The molecule has 2 amide bonds. The van der Waals surface area contributed by atoms with E-state index in [0.29, 0.717) is 18.7 Å². The molecule has 0 fully saturated rings. The van der Waals surface area contributed by atoms with Crippen molar-refractivity contribution in [3.05, 3.63) is 89.5 Å². The maximum atomic E-state index is 14.2. The molecule has 0 aliphatic heterocycles. The number of hydrogen-bond acceptors (Lipinski definition) is 5. The van der Waals surface area contributed by atoms with E-state index in [9.17, 15) is 18.0 Å². The quantitative estimate of drug-likeness (QED) is 0.264. The molecule has 0 spiro atoms. The third kappa shape index (κ3) is 8.10. The van der Waals surface area contributed by atoms with Crippen LogP contribution in [0.25, 0.3) is 0 Å². The number of unbranched alkanes of at least 4 members (excludes halogenated alkanes) is 1. The predicted molar refractivity (Wildman–Crippen MR) is 162 cm³/mol. The van der Waals surface area contributed by atoms with E-state index in [1.165, 1.54) is 24.1 Å². The molecule has 220 valence electrons. The highest BCUT2D eigenvalue weighted by Gasteiger charge is 2.34. The molecule has 3 rings (SSSR count). The van der Waals surface area contributed by atoms with Crippen LogP contribution in [0.15, 0.2) is 77.7 Å². The van der Waals surface area contributed by atoms with Crippen LogP contribution >= 0.6 is 0 Å². The fourth-order valence-corrected chi connectivity index (χ4v) is 5.98. The average molecular weight is 580 g/mol.